The summed E-state index contributed by atoms with van der Waals surface area (Å²) in [4.78, 5) is 13.1. The van der Waals surface area contributed by atoms with Gasteiger partial charge in [-0.05, 0) is 29.5 Å². The highest BCUT2D eigenvalue weighted by atomic mass is 16.5. The molecule has 0 fully saturated rings. The standard InChI is InChI=1S/C20H19N7O4/c1-27-14-7-5-4-6-12(14)18(28)16(20(27)29)17(19-23-25-26-24-19)22-21-13-9-8-11(30-2)10-15(13)31-3/h4-10,21,28H,1-3H3,(H,23,24,25,26)/b22-17-. The fourth-order valence-corrected chi connectivity index (χ4v) is 3.18. The molecular weight excluding hydrogens is 402 g/mol. The number of nitrogens with zero attached hydrogens (tertiary/aromatic N) is 5. The molecule has 4 aromatic rings. The van der Waals surface area contributed by atoms with Gasteiger partial charge in [-0.3, -0.25) is 10.2 Å². The minimum atomic E-state index is -0.469. The van der Waals surface area contributed by atoms with Crippen molar-refractivity contribution in [2.75, 3.05) is 19.6 Å². The van der Waals surface area contributed by atoms with Crippen LogP contribution in [0.5, 0.6) is 17.2 Å². The number of nitrogens with one attached hydrogen (secondary N) is 2. The molecule has 0 saturated carbocycles. The second-order valence-electron chi connectivity index (χ2n) is 6.48. The van der Waals surface area contributed by atoms with E-state index in [0.717, 1.165) is 0 Å². The molecule has 0 saturated heterocycles. The van der Waals surface area contributed by atoms with E-state index in [1.807, 2.05) is 0 Å². The number of fused-ring (bicyclic) bond motifs is 1. The number of benzene rings is 2. The second-order valence-corrected chi connectivity index (χ2v) is 6.48. The smallest absolute Gasteiger partial charge is 0.264 e. The minimum absolute atomic E-state index is 0.00970. The highest BCUT2D eigenvalue weighted by Gasteiger charge is 2.24. The summed E-state index contributed by atoms with van der Waals surface area (Å²) in [6.45, 7) is 0. The van der Waals surface area contributed by atoms with Gasteiger partial charge in [-0.1, -0.05) is 12.1 Å². The maximum absolute atomic E-state index is 13.1. The number of hydrogen-bond donors (Lipinski definition) is 3. The third-order valence-electron chi connectivity index (χ3n) is 4.77. The number of rotatable bonds is 6. The zero-order chi connectivity index (χ0) is 22.0. The molecule has 0 amide bonds. The monoisotopic (exact) mass is 421 g/mol. The number of aromatic nitrogens is 5. The van der Waals surface area contributed by atoms with Crippen LogP contribution in [0.3, 0.4) is 0 Å². The molecular formula is C20H19N7O4. The largest absolute Gasteiger partial charge is 0.506 e. The Bertz CT molecular complexity index is 1330. The molecule has 2 heterocycles. The molecule has 4 rings (SSSR count). The van der Waals surface area contributed by atoms with Crippen LogP contribution in [-0.4, -0.2) is 50.2 Å². The van der Waals surface area contributed by atoms with Crippen molar-refractivity contribution >= 4 is 22.3 Å². The van der Waals surface area contributed by atoms with Crippen molar-refractivity contribution in [3.63, 3.8) is 0 Å². The highest BCUT2D eigenvalue weighted by molar-refractivity contribution is 6.14. The number of aromatic hydroxyl groups is 1. The van der Waals surface area contributed by atoms with Crippen molar-refractivity contribution in [3.05, 3.63) is 64.2 Å². The summed E-state index contributed by atoms with van der Waals surface area (Å²) in [6, 6.07) is 12.1. The second kappa shape index (κ2) is 8.14. The Kier molecular flexibility index (Phi) is 5.22. The zero-order valence-corrected chi connectivity index (χ0v) is 16.9. The van der Waals surface area contributed by atoms with Crippen LogP contribution < -0.4 is 20.5 Å². The van der Waals surface area contributed by atoms with E-state index in [0.29, 0.717) is 28.1 Å². The van der Waals surface area contributed by atoms with Crippen molar-refractivity contribution in [2.45, 2.75) is 0 Å². The van der Waals surface area contributed by atoms with Gasteiger partial charge in [0.25, 0.3) is 5.56 Å². The number of tetrazole rings is 1. The molecule has 0 radical (unpaired) electrons. The highest BCUT2D eigenvalue weighted by Crippen LogP contribution is 2.30. The van der Waals surface area contributed by atoms with E-state index in [4.69, 9.17) is 9.47 Å². The number of methoxy groups -OCH3 is 2. The number of ether oxygens (including phenoxy) is 2. The zero-order valence-electron chi connectivity index (χ0n) is 16.9. The fourth-order valence-electron chi connectivity index (χ4n) is 3.18. The number of hydrazone groups is 1. The molecule has 0 unspecified atom stereocenters. The Morgan fingerprint density at radius 2 is 2.00 bits per heavy atom. The third kappa shape index (κ3) is 3.52. The Morgan fingerprint density at radius 1 is 1.19 bits per heavy atom. The van der Waals surface area contributed by atoms with Crippen molar-refractivity contribution in [1.82, 2.24) is 25.2 Å². The summed E-state index contributed by atoms with van der Waals surface area (Å²) in [7, 11) is 4.67. The molecule has 3 N–H and O–H groups in total. The Labute approximate surface area is 175 Å². The first kappa shape index (κ1) is 19.9. The first-order valence-electron chi connectivity index (χ1n) is 9.15. The minimum Gasteiger partial charge on any atom is -0.506 e. The molecule has 0 spiro atoms. The van der Waals surface area contributed by atoms with Gasteiger partial charge >= 0.3 is 0 Å². The lowest BCUT2D eigenvalue weighted by Gasteiger charge is -2.13. The lowest BCUT2D eigenvalue weighted by Crippen LogP contribution is -2.27. The predicted octanol–water partition coefficient (Wildman–Crippen LogP) is 1.64. The van der Waals surface area contributed by atoms with Crippen LogP contribution in [0.1, 0.15) is 11.4 Å². The van der Waals surface area contributed by atoms with E-state index >= 15 is 0 Å². The van der Waals surface area contributed by atoms with E-state index in [2.05, 4.69) is 31.2 Å². The van der Waals surface area contributed by atoms with E-state index in [1.165, 1.54) is 11.7 Å². The lowest BCUT2D eigenvalue weighted by atomic mass is 10.1. The predicted molar refractivity (Wildman–Crippen MR) is 114 cm³/mol. The van der Waals surface area contributed by atoms with Gasteiger partial charge in [-0.15, -0.1) is 10.2 Å². The van der Waals surface area contributed by atoms with Gasteiger partial charge < -0.3 is 19.1 Å². The van der Waals surface area contributed by atoms with Crippen molar-refractivity contribution in [2.24, 2.45) is 12.1 Å². The third-order valence-corrected chi connectivity index (χ3v) is 4.77. The quantitative estimate of drug-likeness (QED) is 0.315. The van der Waals surface area contributed by atoms with Crippen molar-refractivity contribution in [1.29, 1.82) is 0 Å². The molecule has 0 bridgehead atoms. The molecule has 11 nitrogen and oxygen atoms in total. The molecule has 0 aliphatic heterocycles. The summed E-state index contributed by atoms with van der Waals surface area (Å²) in [5.41, 5.74) is 3.40. The van der Waals surface area contributed by atoms with Crippen LogP contribution in [0.2, 0.25) is 0 Å². The maximum Gasteiger partial charge on any atom is 0.264 e. The Morgan fingerprint density at radius 3 is 2.71 bits per heavy atom. The van der Waals surface area contributed by atoms with Crippen molar-refractivity contribution < 1.29 is 14.6 Å². The average molecular weight is 421 g/mol. The van der Waals surface area contributed by atoms with E-state index in [-0.39, 0.29) is 22.8 Å². The molecule has 2 aromatic carbocycles. The summed E-state index contributed by atoms with van der Waals surface area (Å²) in [6.07, 6.45) is 0. The first-order chi connectivity index (χ1) is 15.0. The summed E-state index contributed by atoms with van der Waals surface area (Å²) in [5.74, 6) is 0.866. The van der Waals surface area contributed by atoms with Crippen LogP contribution in [0.4, 0.5) is 5.69 Å². The first-order valence-corrected chi connectivity index (χ1v) is 9.15. The van der Waals surface area contributed by atoms with Crippen LogP contribution in [-0.2, 0) is 7.05 Å². The molecule has 158 valence electrons. The van der Waals surface area contributed by atoms with Gasteiger partial charge in [0.1, 0.15) is 28.5 Å². The molecule has 2 aromatic heterocycles. The molecule has 11 heteroatoms. The van der Waals surface area contributed by atoms with Crippen LogP contribution >= 0.6 is 0 Å². The van der Waals surface area contributed by atoms with Gasteiger partial charge in [-0.25, -0.2) is 0 Å². The number of pyridine rings is 1. The number of aryl methyl sites for hydroxylation is 1. The topological polar surface area (TPSA) is 140 Å². The number of para-hydroxylation sites is 1. The number of anilines is 1. The van der Waals surface area contributed by atoms with Crippen molar-refractivity contribution in [3.8, 4) is 17.2 Å². The number of H-pyrrole nitrogens is 1. The van der Waals surface area contributed by atoms with Gasteiger partial charge in [0.2, 0.25) is 5.82 Å². The van der Waals surface area contributed by atoms with Crippen LogP contribution in [0, 0.1) is 0 Å². The summed E-state index contributed by atoms with van der Waals surface area (Å²) < 4.78 is 12.0. The molecule has 0 aliphatic rings. The molecule has 0 aliphatic carbocycles. The Balaban J connectivity index is 1.90. The Hall–Kier alpha value is -4.41. The number of aromatic amines is 1. The van der Waals surface area contributed by atoms with E-state index in [1.54, 1.807) is 56.6 Å². The van der Waals surface area contributed by atoms with Gasteiger partial charge in [0, 0.05) is 18.5 Å². The van der Waals surface area contributed by atoms with Crippen LogP contribution in [0.25, 0.3) is 10.9 Å². The normalized spacial score (nSPS) is 11.5. The van der Waals surface area contributed by atoms with Gasteiger partial charge in [-0.2, -0.15) is 10.3 Å². The molecule has 31 heavy (non-hydrogen) atoms. The van der Waals surface area contributed by atoms with E-state index in [9.17, 15) is 9.90 Å². The SMILES string of the molecule is COc1ccc(N/N=C(\c2nn[nH]n2)c2c(O)c3ccccc3n(C)c2=O)c(OC)c1. The van der Waals surface area contributed by atoms with Gasteiger partial charge in [0.05, 0.1) is 25.4 Å². The van der Waals surface area contributed by atoms with Crippen LogP contribution in [0.15, 0.2) is 52.4 Å². The lowest BCUT2D eigenvalue weighted by molar-refractivity contribution is 0.395. The number of hydrogen-bond acceptors (Lipinski definition) is 9. The maximum atomic E-state index is 13.1. The van der Waals surface area contributed by atoms with Gasteiger partial charge in [0.15, 0.2) is 0 Å². The summed E-state index contributed by atoms with van der Waals surface area (Å²) in [5, 5.41) is 29.5. The molecule has 0 atom stereocenters. The summed E-state index contributed by atoms with van der Waals surface area (Å²) >= 11 is 0. The van der Waals surface area contributed by atoms with E-state index < -0.39 is 5.56 Å². The average Bonchev–Trinajstić information content (AvgIpc) is 3.34. The fraction of sp³-hybridized carbons (Fsp3) is 0.150.